The first-order valence-corrected chi connectivity index (χ1v) is 28.7. The van der Waals surface area contributed by atoms with Gasteiger partial charge < -0.3 is 14.2 Å². The maximum Gasteiger partial charge on any atom is 0.306 e. The van der Waals surface area contributed by atoms with Crippen LogP contribution in [0.5, 0.6) is 0 Å². The van der Waals surface area contributed by atoms with Crippen molar-refractivity contribution in [1.82, 2.24) is 0 Å². The van der Waals surface area contributed by atoms with Crippen LogP contribution < -0.4 is 0 Å². The Morgan fingerprint density at radius 1 is 0.296 bits per heavy atom. The average Bonchev–Trinajstić information content (AvgIpc) is 3.37. The summed E-state index contributed by atoms with van der Waals surface area (Å²) in [6.45, 7) is 6.35. The van der Waals surface area contributed by atoms with Crippen LogP contribution in [-0.4, -0.2) is 37.2 Å². The molecular weight excluding hydrogens is 877 g/mol. The second-order valence-electron chi connectivity index (χ2n) is 18.5. The van der Waals surface area contributed by atoms with Gasteiger partial charge in [0.1, 0.15) is 13.2 Å². The van der Waals surface area contributed by atoms with Crippen molar-refractivity contribution in [1.29, 1.82) is 0 Å². The molecule has 6 nitrogen and oxygen atoms in total. The minimum absolute atomic E-state index is 0.124. The second-order valence-corrected chi connectivity index (χ2v) is 18.5. The van der Waals surface area contributed by atoms with Crippen LogP contribution in [0.2, 0.25) is 0 Å². The fourth-order valence-electron chi connectivity index (χ4n) is 7.34. The number of esters is 3. The summed E-state index contributed by atoms with van der Waals surface area (Å²) >= 11 is 0. The van der Waals surface area contributed by atoms with Gasteiger partial charge in [-0.15, -0.1) is 0 Å². The van der Waals surface area contributed by atoms with E-state index in [0.29, 0.717) is 19.3 Å². The number of carbonyl (C=O) groups is 3. The second kappa shape index (κ2) is 58.1. The van der Waals surface area contributed by atoms with Gasteiger partial charge in [-0.05, 0) is 122 Å². The van der Waals surface area contributed by atoms with E-state index < -0.39 is 12.1 Å². The Bertz CT molecular complexity index is 1550. The molecule has 71 heavy (non-hydrogen) atoms. The van der Waals surface area contributed by atoms with Crippen LogP contribution in [0.25, 0.3) is 0 Å². The number of allylic oxidation sites excluding steroid dienone is 22. The van der Waals surface area contributed by atoms with Gasteiger partial charge in [0.05, 0.1) is 0 Å². The number of unbranched alkanes of at least 4 members (excludes halogenated alkanes) is 17. The molecule has 0 N–H and O–H groups in total. The summed E-state index contributed by atoms with van der Waals surface area (Å²) in [6, 6.07) is 0. The van der Waals surface area contributed by atoms with Crippen LogP contribution in [0.15, 0.2) is 134 Å². The normalized spacial score (nSPS) is 13.1. The van der Waals surface area contributed by atoms with E-state index in [-0.39, 0.29) is 31.6 Å². The van der Waals surface area contributed by atoms with Gasteiger partial charge in [0.25, 0.3) is 0 Å². The molecule has 0 saturated carbocycles. The summed E-state index contributed by atoms with van der Waals surface area (Å²) in [6.07, 6.45) is 81.6. The van der Waals surface area contributed by atoms with Gasteiger partial charge in [-0.2, -0.15) is 0 Å². The summed E-state index contributed by atoms with van der Waals surface area (Å²) < 4.78 is 16.8. The van der Waals surface area contributed by atoms with Crippen molar-refractivity contribution in [2.75, 3.05) is 13.2 Å². The minimum Gasteiger partial charge on any atom is -0.462 e. The van der Waals surface area contributed by atoms with E-state index in [9.17, 15) is 14.4 Å². The van der Waals surface area contributed by atoms with E-state index in [1.54, 1.807) is 0 Å². The van der Waals surface area contributed by atoms with Crippen LogP contribution in [0.1, 0.15) is 239 Å². The van der Waals surface area contributed by atoms with Crippen molar-refractivity contribution >= 4 is 17.9 Å². The van der Waals surface area contributed by atoms with Crippen LogP contribution >= 0.6 is 0 Å². The Labute approximate surface area is 436 Å². The molecule has 400 valence electrons. The molecule has 0 aliphatic rings. The highest BCUT2D eigenvalue weighted by atomic mass is 16.6. The highest BCUT2D eigenvalue weighted by molar-refractivity contribution is 5.71. The molecule has 0 aromatic carbocycles. The smallest absolute Gasteiger partial charge is 0.306 e. The number of carbonyl (C=O) groups excluding carboxylic acids is 3. The van der Waals surface area contributed by atoms with Crippen molar-refractivity contribution < 1.29 is 28.6 Å². The first kappa shape index (κ1) is 66.6. The fourth-order valence-corrected chi connectivity index (χ4v) is 7.34. The molecular formula is C65H104O6. The van der Waals surface area contributed by atoms with Gasteiger partial charge in [0.2, 0.25) is 0 Å². The summed E-state index contributed by atoms with van der Waals surface area (Å²) in [5.41, 5.74) is 0. The van der Waals surface area contributed by atoms with E-state index >= 15 is 0 Å². The largest absolute Gasteiger partial charge is 0.462 e. The van der Waals surface area contributed by atoms with Crippen LogP contribution in [-0.2, 0) is 28.6 Å². The zero-order valence-corrected chi connectivity index (χ0v) is 45.7. The lowest BCUT2D eigenvalue weighted by atomic mass is 10.1. The molecule has 0 heterocycles. The van der Waals surface area contributed by atoms with Crippen molar-refractivity contribution in [3.63, 3.8) is 0 Å². The van der Waals surface area contributed by atoms with Gasteiger partial charge in [-0.25, -0.2) is 0 Å². The molecule has 0 aromatic rings. The Kier molecular flexibility index (Phi) is 54.5. The zero-order chi connectivity index (χ0) is 51.4. The highest BCUT2D eigenvalue weighted by Crippen LogP contribution is 2.13. The summed E-state index contributed by atoms with van der Waals surface area (Å²) in [5, 5.41) is 0. The monoisotopic (exact) mass is 981 g/mol. The van der Waals surface area contributed by atoms with Crippen molar-refractivity contribution in [3.05, 3.63) is 134 Å². The highest BCUT2D eigenvalue weighted by Gasteiger charge is 2.19. The molecule has 1 atom stereocenters. The maximum absolute atomic E-state index is 12.8. The maximum atomic E-state index is 12.8. The number of ether oxygens (including phenoxy) is 3. The van der Waals surface area contributed by atoms with Gasteiger partial charge in [-0.1, -0.05) is 231 Å². The molecule has 0 bridgehead atoms. The molecule has 0 aliphatic heterocycles. The van der Waals surface area contributed by atoms with Gasteiger partial charge in [0, 0.05) is 19.3 Å². The Hall–Kier alpha value is -4.45. The SMILES string of the molecule is CC/C=C\C/C=C\C/C=C\C/C=C\C/C=C\C/C=C\CCC(=O)OC(COC(=O)CCCCCCC/C=C\C/C=C\CCC)COC(=O)CCCCCCCC/C=C\C/C=C\C/C=C\CCCCCCC. The third-order valence-corrected chi connectivity index (χ3v) is 11.6. The Balaban J connectivity index is 4.54. The lowest BCUT2D eigenvalue weighted by Crippen LogP contribution is -2.30. The van der Waals surface area contributed by atoms with Gasteiger partial charge >= 0.3 is 17.9 Å². The molecule has 1 unspecified atom stereocenters. The van der Waals surface area contributed by atoms with Crippen LogP contribution in [0.3, 0.4) is 0 Å². The van der Waals surface area contributed by atoms with E-state index in [4.69, 9.17) is 14.2 Å². The standard InChI is InChI=1S/C65H104O6/c1-4-7-10-13-16-19-22-25-27-29-31-32-34-35-37-40-43-46-49-52-55-58-64(67)70-61-62(60-69-63(66)57-54-51-48-45-42-39-24-21-18-15-12-9-6-3)71-65(68)59-56-53-50-47-44-41-38-36-33-30-28-26-23-20-17-14-11-8-5-2/h8,11-12,15,17,20-22,24-26,28-29,31,33-36,41,44,50,53,62H,4-7,9-10,13-14,16,18-19,23,27,30,32,37-40,42-43,45-49,51-52,54-61H2,1-3H3/b11-8-,15-12-,20-17-,24-21-,25-22-,28-26-,31-29-,35-34-,36-33-,44-41-,53-50-. The molecule has 0 rings (SSSR count). The predicted octanol–water partition coefficient (Wildman–Crippen LogP) is 19.4. The fraction of sp³-hybridized carbons (Fsp3) is 0.615. The Morgan fingerprint density at radius 2 is 0.606 bits per heavy atom. The first-order valence-electron chi connectivity index (χ1n) is 28.7. The molecule has 0 saturated heterocycles. The molecule has 0 fully saturated rings. The molecule has 0 aliphatic carbocycles. The lowest BCUT2D eigenvalue weighted by Gasteiger charge is -2.18. The number of hydrogen-bond acceptors (Lipinski definition) is 6. The molecule has 0 amide bonds. The number of rotatable bonds is 50. The molecule has 6 heteroatoms. The van der Waals surface area contributed by atoms with E-state index in [2.05, 4.69) is 142 Å². The zero-order valence-electron chi connectivity index (χ0n) is 45.7. The Morgan fingerprint density at radius 3 is 0.972 bits per heavy atom. The summed E-state index contributed by atoms with van der Waals surface area (Å²) in [7, 11) is 0. The van der Waals surface area contributed by atoms with Gasteiger partial charge in [-0.3, -0.25) is 14.4 Å². The van der Waals surface area contributed by atoms with E-state index in [1.165, 1.54) is 57.8 Å². The quantitative estimate of drug-likeness (QED) is 0.0262. The minimum atomic E-state index is -0.835. The topological polar surface area (TPSA) is 78.9 Å². The van der Waals surface area contributed by atoms with Crippen LogP contribution in [0.4, 0.5) is 0 Å². The van der Waals surface area contributed by atoms with Gasteiger partial charge in [0.15, 0.2) is 6.10 Å². The molecule has 0 radical (unpaired) electrons. The van der Waals surface area contributed by atoms with Crippen molar-refractivity contribution in [2.24, 2.45) is 0 Å². The number of hydrogen-bond donors (Lipinski definition) is 0. The van der Waals surface area contributed by atoms with Crippen molar-refractivity contribution in [2.45, 2.75) is 245 Å². The third-order valence-electron chi connectivity index (χ3n) is 11.6. The first-order chi connectivity index (χ1) is 35.0. The lowest BCUT2D eigenvalue weighted by molar-refractivity contribution is -0.166. The molecule has 0 aromatic heterocycles. The summed E-state index contributed by atoms with van der Waals surface area (Å²) in [4.78, 5) is 38.1. The predicted molar refractivity (Wildman–Crippen MR) is 306 cm³/mol. The average molecular weight is 982 g/mol. The molecule has 0 spiro atoms. The van der Waals surface area contributed by atoms with Crippen LogP contribution in [0, 0.1) is 0 Å². The summed E-state index contributed by atoms with van der Waals surface area (Å²) in [5.74, 6) is -1.04. The van der Waals surface area contributed by atoms with E-state index in [1.807, 2.05) is 12.2 Å². The third kappa shape index (κ3) is 56.3. The van der Waals surface area contributed by atoms with E-state index in [0.717, 1.165) is 135 Å². The van der Waals surface area contributed by atoms with Crippen molar-refractivity contribution in [3.8, 4) is 0 Å².